The molecule has 1 aromatic carbocycles. The van der Waals surface area contributed by atoms with Crippen LogP contribution in [0.2, 0.25) is 4.34 Å². The third-order valence-corrected chi connectivity index (χ3v) is 4.57. The highest BCUT2D eigenvalue weighted by Crippen LogP contribution is 2.21. The number of hydrogen-bond donors (Lipinski definition) is 2. The van der Waals surface area contributed by atoms with Gasteiger partial charge in [0.05, 0.1) is 15.8 Å². The molecule has 2 N–H and O–H groups in total. The van der Waals surface area contributed by atoms with Gasteiger partial charge in [-0.3, -0.25) is 10.1 Å². The van der Waals surface area contributed by atoms with E-state index < -0.39 is 18.3 Å². The molecule has 10 heteroatoms. The summed E-state index contributed by atoms with van der Waals surface area (Å²) in [6.45, 7) is 0.0901. The highest BCUT2D eigenvalue weighted by Gasteiger charge is 2.34. The monoisotopic (exact) mass is 395 g/mol. The van der Waals surface area contributed by atoms with E-state index in [1.54, 1.807) is 42.5 Å². The Morgan fingerprint density at radius 1 is 1.27 bits per heavy atom. The summed E-state index contributed by atoms with van der Waals surface area (Å²) < 4.78 is 5.57. The third-order valence-electron chi connectivity index (χ3n) is 3.34. The van der Waals surface area contributed by atoms with Crippen molar-refractivity contribution in [1.29, 1.82) is 0 Å². The maximum absolute atomic E-state index is 11.9. The Bertz CT molecular complexity index is 813. The van der Waals surface area contributed by atoms with Crippen molar-refractivity contribution in [3.05, 3.63) is 51.7 Å². The summed E-state index contributed by atoms with van der Waals surface area (Å²) in [5, 5.41) is 5.93. The van der Waals surface area contributed by atoms with Gasteiger partial charge in [-0.05, 0) is 24.3 Å². The molecule has 1 saturated heterocycles. The van der Waals surface area contributed by atoms with E-state index in [9.17, 15) is 14.4 Å². The lowest BCUT2D eigenvalue weighted by Crippen LogP contribution is -2.35. The average molecular weight is 396 g/mol. The van der Waals surface area contributed by atoms with Crippen molar-refractivity contribution in [3.63, 3.8) is 0 Å². The highest BCUT2D eigenvalue weighted by molar-refractivity contribution is 7.17. The van der Waals surface area contributed by atoms with Gasteiger partial charge in [0.1, 0.15) is 12.6 Å². The van der Waals surface area contributed by atoms with Gasteiger partial charge in [-0.25, -0.2) is 9.59 Å². The first-order valence-corrected chi connectivity index (χ1v) is 8.76. The van der Waals surface area contributed by atoms with Crippen LogP contribution in [-0.2, 0) is 9.57 Å². The number of halogens is 1. The number of anilines is 1. The van der Waals surface area contributed by atoms with Crippen LogP contribution in [0.1, 0.15) is 9.67 Å². The number of hydroxylamine groups is 2. The molecule has 1 atom stereocenters. The number of carbonyl (C=O) groups excluding carboxylic acids is 3. The predicted molar refractivity (Wildman–Crippen MR) is 95.2 cm³/mol. The van der Waals surface area contributed by atoms with Gasteiger partial charge in [-0.1, -0.05) is 29.8 Å². The first-order chi connectivity index (χ1) is 12.5. The Morgan fingerprint density at radius 2 is 2.04 bits per heavy atom. The van der Waals surface area contributed by atoms with Gasteiger partial charge in [-0.15, -0.1) is 16.4 Å². The van der Waals surface area contributed by atoms with Gasteiger partial charge >= 0.3 is 12.2 Å². The lowest BCUT2D eigenvalue weighted by Gasteiger charge is -2.13. The van der Waals surface area contributed by atoms with Crippen molar-refractivity contribution in [2.45, 2.75) is 6.10 Å². The first kappa shape index (κ1) is 18.0. The number of ether oxygens (including phenoxy) is 1. The normalized spacial score (nSPS) is 16.1. The molecule has 2 aromatic rings. The number of benzene rings is 1. The number of nitrogens with zero attached hydrogens (tertiary/aromatic N) is 1. The van der Waals surface area contributed by atoms with Crippen LogP contribution in [0.5, 0.6) is 0 Å². The molecule has 1 aliphatic rings. The van der Waals surface area contributed by atoms with E-state index in [0.29, 0.717) is 14.9 Å². The fourth-order valence-electron chi connectivity index (χ4n) is 2.17. The van der Waals surface area contributed by atoms with Crippen LogP contribution >= 0.6 is 22.9 Å². The summed E-state index contributed by atoms with van der Waals surface area (Å²) >= 11 is 6.93. The van der Waals surface area contributed by atoms with Gasteiger partial charge in [0.25, 0.3) is 5.91 Å². The zero-order valence-electron chi connectivity index (χ0n) is 13.3. The molecule has 26 heavy (non-hydrogen) atoms. The standard InChI is InChI=1S/C16H14ClN3O5S/c17-13-7-6-12(26-13)14(21)18-8-11-9-20(16(23)24-11)25-15(22)19-10-4-2-1-3-5-10/h1-7,11H,8-9H2,(H,18,21)(H,19,22). The molecule has 0 spiro atoms. The van der Waals surface area contributed by atoms with Crippen molar-refractivity contribution in [2.75, 3.05) is 18.4 Å². The molecule has 0 saturated carbocycles. The van der Waals surface area contributed by atoms with Gasteiger partial charge in [0.2, 0.25) is 0 Å². The first-order valence-electron chi connectivity index (χ1n) is 7.57. The van der Waals surface area contributed by atoms with Gasteiger partial charge in [-0.2, -0.15) is 0 Å². The number of rotatable bonds is 5. The van der Waals surface area contributed by atoms with Crippen LogP contribution in [0.15, 0.2) is 42.5 Å². The molecule has 136 valence electrons. The smallest absolute Gasteiger partial charge is 0.440 e. The molecular weight excluding hydrogens is 382 g/mol. The maximum atomic E-state index is 11.9. The molecule has 8 nitrogen and oxygen atoms in total. The van der Waals surface area contributed by atoms with Crippen LogP contribution < -0.4 is 10.6 Å². The summed E-state index contributed by atoms with van der Waals surface area (Å²) in [7, 11) is 0. The molecule has 1 fully saturated rings. The van der Waals surface area contributed by atoms with E-state index in [1.165, 1.54) is 0 Å². The fraction of sp³-hybridized carbons (Fsp3) is 0.188. The lowest BCUT2D eigenvalue weighted by atomic mass is 10.3. The molecule has 1 aromatic heterocycles. The number of thiophene rings is 1. The summed E-state index contributed by atoms with van der Waals surface area (Å²) in [6.07, 6.45) is -2.25. The molecule has 2 heterocycles. The number of para-hydroxylation sites is 1. The predicted octanol–water partition coefficient (Wildman–Crippen LogP) is 3.12. The molecule has 3 rings (SSSR count). The van der Waals surface area contributed by atoms with Crippen LogP contribution in [0.25, 0.3) is 0 Å². The Balaban J connectivity index is 1.46. The Hall–Kier alpha value is -2.78. The van der Waals surface area contributed by atoms with E-state index in [0.717, 1.165) is 16.4 Å². The number of hydrogen-bond acceptors (Lipinski definition) is 6. The van der Waals surface area contributed by atoms with Crippen molar-refractivity contribution in [2.24, 2.45) is 0 Å². The molecular formula is C16H14ClN3O5S. The maximum Gasteiger partial charge on any atom is 0.443 e. The van der Waals surface area contributed by atoms with Crippen LogP contribution in [0.3, 0.4) is 0 Å². The summed E-state index contributed by atoms with van der Waals surface area (Å²) in [5.74, 6) is -0.320. The minimum Gasteiger partial charge on any atom is -0.440 e. The fourth-order valence-corrected chi connectivity index (χ4v) is 3.13. The van der Waals surface area contributed by atoms with Crippen LogP contribution in [0, 0.1) is 0 Å². The lowest BCUT2D eigenvalue weighted by molar-refractivity contribution is -0.0414. The van der Waals surface area contributed by atoms with E-state index in [4.69, 9.17) is 21.2 Å². The Kier molecular flexibility index (Phi) is 5.59. The number of cyclic esters (lactones) is 1. The average Bonchev–Trinajstić information content (AvgIpc) is 3.20. The molecule has 3 amide bonds. The zero-order valence-corrected chi connectivity index (χ0v) is 14.9. The Labute approximate surface area is 157 Å². The molecule has 1 aliphatic heterocycles. The third kappa shape index (κ3) is 4.64. The molecule has 1 unspecified atom stereocenters. The zero-order chi connectivity index (χ0) is 18.5. The summed E-state index contributed by atoms with van der Waals surface area (Å²) in [4.78, 5) is 40.9. The van der Waals surface area contributed by atoms with Gasteiger partial charge in [0.15, 0.2) is 0 Å². The van der Waals surface area contributed by atoms with E-state index >= 15 is 0 Å². The Morgan fingerprint density at radius 3 is 2.73 bits per heavy atom. The SMILES string of the molecule is O=C(Nc1ccccc1)ON1CC(CNC(=O)c2ccc(Cl)s2)OC1=O. The molecule has 0 radical (unpaired) electrons. The van der Waals surface area contributed by atoms with Crippen LogP contribution in [-0.4, -0.2) is 42.4 Å². The number of nitrogens with one attached hydrogen (secondary N) is 2. The van der Waals surface area contributed by atoms with Crippen molar-refractivity contribution in [3.8, 4) is 0 Å². The number of amides is 3. The number of carbonyl (C=O) groups is 3. The van der Waals surface area contributed by atoms with Gasteiger partial charge in [0, 0.05) is 5.69 Å². The second-order valence-corrected chi connectivity index (χ2v) is 6.97. The topological polar surface area (TPSA) is 97.0 Å². The minimum absolute atomic E-state index is 0.00647. The largest absolute Gasteiger partial charge is 0.443 e. The van der Waals surface area contributed by atoms with E-state index in [-0.39, 0.29) is 19.0 Å². The van der Waals surface area contributed by atoms with Crippen molar-refractivity contribution >= 4 is 46.7 Å². The van der Waals surface area contributed by atoms with Crippen molar-refractivity contribution in [1.82, 2.24) is 10.4 Å². The molecule has 0 aliphatic carbocycles. The highest BCUT2D eigenvalue weighted by atomic mass is 35.5. The van der Waals surface area contributed by atoms with Crippen LogP contribution in [0.4, 0.5) is 15.3 Å². The van der Waals surface area contributed by atoms with E-state index in [2.05, 4.69) is 10.6 Å². The minimum atomic E-state index is -0.814. The summed E-state index contributed by atoms with van der Waals surface area (Å²) in [5.41, 5.74) is 0.531. The van der Waals surface area contributed by atoms with Gasteiger partial charge < -0.3 is 14.9 Å². The van der Waals surface area contributed by atoms with Crippen molar-refractivity contribution < 1.29 is 24.0 Å². The molecule has 0 bridgehead atoms. The summed E-state index contributed by atoms with van der Waals surface area (Å²) in [6, 6.07) is 11.9. The second-order valence-electron chi connectivity index (χ2n) is 5.25. The quantitative estimate of drug-likeness (QED) is 0.810. The van der Waals surface area contributed by atoms with E-state index in [1.807, 2.05) is 0 Å². The second kappa shape index (κ2) is 8.07.